The van der Waals surface area contributed by atoms with Gasteiger partial charge in [-0.05, 0) is 43.7 Å². The van der Waals surface area contributed by atoms with E-state index in [0.717, 1.165) is 18.0 Å². The maximum atomic E-state index is 9.28. The molecule has 5 nitrogen and oxygen atoms in total. The number of hydrogen-bond acceptors (Lipinski definition) is 4. The average Bonchev–Trinajstić information content (AvgIpc) is 2.96. The van der Waals surface area contributed by atoms with Gasteiger partial charge in [0.1, 0.15) is 12.4 Å². The third-order valence-corrected chi connectivity index (χ3v) is 3.54. The summed E-state index contributed by atoms with van der Waals surface area (Å²) < 4.78 is 7.52. The first-order valence-electron chi connectivity index (χ1n) is 7.01. The largest absolute Gasteiger partial charge is 0.508 e. The number of phenolic OH excluding ortho intramolecular Hbond substituents is 1. The lowest BCUT2D eigenvalue weighted by molar-refractivity contribution is 0.239. The third-order valence-electron chi connectivity index (χ3n) is 3.54. The first kappa shape index (κ1) is 13.0. The quantitative estimate of drug-likeness (QED) is 0.895. The predicted molar refractivity (Wildman–Crippen MR) is 76.4 cm³/mol. The van der Waals surface area contributed by atoms with E-state index in [1.54, 1.807) is 23.0 Å². The van der Waals surface area contributed by atoms with Crippen LogP contribution in [0.3, 0.4) is 0 Å². The topological polar surface area (TPSA) is 59.3 Å². The van der Waals surface area contributed by atoms with Crippen LogP contribution in [0.25, 0.3) is 5.69 Å². The Hall–Kier alpha value is -2.01. The number of nitrogens with zero attached hydrogens (tertiary/aromatic N) is 2. The van der Waals surface area contributed by atoms with Crippen LogP contribution in [-0.2, 0) is 0 Å². The van der Waals surface area contributed by atoms with Gasteiger partial charge in [0.25, 0.3) is 0 Å². The number of piperidine rings is 1. The minimum Gasteiger partial charge on any atom is -0.508 e. The van der Waals surface area contributed by atoms with Gasteiger partial charge < -0.3 is 15.2 Å². The average molecular weight is 273 g/mol. The van der Waals surface area contributed by atoms with E-state index in [0.29, 0.717) is 12.6 Å². The SMILES string of the molecule is Oc1ccc(-n2cc(OCC3CCCCN3)cn2)cc1. The highest BCUT2D eigenvalue weighted by molar-refractivity contribution is 5.37. The maximum Gasteiger partial charge on any atom is 0.157 e. The second-order valence-electron chi connectivity index (χ2n) is 5.09. The monoisotopic (exact) mass is 273 g/mol. The highest BCUT2D eigenvalue weighted by Crippen LogP contribution is 2.17. The lowest BCUT2D eigenvalue weighted by atomic mass is 10.1. The summed E-state index contributed by atoms with van der Waals surface area (Å²) in [7, 11) is 0. The van der Waals surface area contributed by atoms with E-state index in [4.69, 9.17) is 4.74 Å². The van der Waals surface area contributed by atoms with E-state index in [2.05, 4.69) is 10.4 Å². The number of rotatable bonds is 4. The lowest BCUT2D eigenvalue weighted by Crippen LogP contribution is -2.38. The van der Waals surface area contributed by atoms with Crippen molar-refractivity contribution in [3.63, 3.8) is 0 Å². The zero-order valence-corrected chi connectivity index (χ0v) is 11.3. The molecule has 2 aromatic rings. The van der Waals surface area contributed by atoms with Crippen molar-refractivity contribution in [1.29, 1.82) is 0 Å². The van der Waals surface area contributed by atoms with Crippen molar-refractivity contribution in [3.8, 4) is 17.2 Å². The van der Waals surface area contributed by atoms with Crippen molar-refractivity contribution in [1.82, 2.24) is 15.1 Å². The molecule has 1 atom stereocenters. The van der Waals surface area contributed by atoms with Crippen LogP contribution in [0.15, 0.2) is 36.7 Å². The van der Waals surface area contributed by atoms with Crippen LogP contribution >= 0.6 is 0 Å². The van der Waals surface area contributed by atoms with Gasteiger partial charge in [0.15, 0.2) is 5.75 Å². The number of hydrogen-bond donors (Lipinski definition) is 2. The van der Waals surface area contributed by atoms with Crippen molar-refractivity contribution in [3.05, 3.63) is 36.7 Å². The first-order valence-corrected chi connectivity index (χ1v) is 7.01. The number of benzene rings is 1. The van der Waals surface area contributed by atoms with Gasteiger partial charge in [-0.3, -0.25) is 0 Å². The highest BCUT2D eigenvalue weighted by Gasteiger charge is 2.13. The molecular weight excluding hydrogens is 254 g/mol. The Bertz CT molecular complexity index is 545. The molecular formula is C15H19N3O2. The predicted octanol–water partition coefficient (Wildman–Crippen LogP) is 2.10. The molecule has 1 saturated heterocycles. The van der Waals surface area contributed by atoms with Gasteiger partial charge in [0.2, 0.25) is 0 Å². The minimum atomic E-state index is 0.251. The van der Waals surface area contributed by atoms with Gasteiger partial charge in [0.05, 0.1) is 18.1 Å². The van der Waals surface area contributed by atoms with Crippen LogP contribution in [-0.4, -0.2) is 34.1 Å². The van der Waals surface area contributed by atoms with Crippen molar-refractivity contribution in [2.45, 2.75) is 25.3 Å². The van der Waals surface area contributed by atoms with Crippen LogP contribution in [0, 0.1) is 0 Å². The van der Waals surface area contributed by atoms with Crippen LogP contribution < -0.4 is 10.1 Å². The summed E-state index contributed by atoms with van der Waals surface area (Å²) in [5.41, 5.74) is 0.897. The molecule has 0 bridgehead atoms. The third kappa shape index (κ3) is 3.11. The summed E-state index contributed by atoms with van der Waals surface area (Å²) in [4.78, 5) is 0. The molecule has 1 aromatic carbocycles. The highest BCUT2D eigenvalue weighted by atomic mass is 16.5. The summed E-state index contributed by atoms with van der Waals surface area (Å²) in [5, 5.41) is 17.0. The Balaban J connectivity index is 1.60. The Morgan fingerprint density at radius 1 is 1.30 bits per heavy atom. The van der Waals surface area contributed by atoms with Gasteiger partial charge in [-0.1, -0.05) is 6.42 Å². The molecule has 3 rings (SSSR count). The molecule has 20 heavy (non-hydrogen) atoms. The van der Waals surface area contributed by atoms with Crippen LogP contribution in [0.1, 0.15) is 19.3 Å². The number of ether oxygens (including phenoxy) is 1. The summed E-state index contributed by atoms with van der Waals surface area (Å²) in [6.45, 7) is 1.77. The fourth-order valence-electron chi connectivity index (χ4n) is 2.39. The second-order valence-corrected chi connectivity index (χ2v) is 5.09. The molecule has 0 spiro atoms. The molecule has 106 valence electrons. The molecule has 1 aromatic heterocycles. The van der Waals surface area contributed by atoms with Crippen molar-refractivity contribution < 1.29 is 9.84 Å². The minimum absolute atomic E-state index is 0.251. The molecule has 1 unspecified atom stereocenters. The number of phenols is 1. The Morgan fingerprint density at radius 2 is 2.15 bits per heavy atom. The van der Waals surface area contributed by atoms with Gasteiger partial charge in [-0.2, -0.15) is 5.10 Å². The van der Waals surface area contributed by atoms with E-state index in [9.17, 15) is 5.11 Å². The molecule has 2 N–H and O–H groups in total. The van der Waals surface area contributed by atoms with E-state index in [1.807, 2.05) is 18.3 Å². The lowest BCUT2D eigenvalue weighted by Gasteiger charge is -2.22. The molecule has 0 saturated carbocycles. The molecule has 1 fully saturated rings. The van der Waals surface area contributed by atoms with Crippen LogP contribution in [0.5, 0.6) is 11.5 Å². The molecule has 5 heteroatoms. The fraction of sp³-hybridized carbons (Fsp3) is 0.400. The normalized spacial score (nSPS) is 18.9. The van der Waals surface area contributed by atoms with Crippen LogP contribution in [0.2, 0.25) is 0 Å². The van der Waals surface area contributed by atoms with E-state index < -0.39 is 0 Å². The van der Waals surface area contributed by atoms with Gasteiger partial charge in [-0.25, -0.2) is 4.68 Å². The number of aromatic hydroxyl groups is 1. The number of nitrogens with one attached hydrogen (secondary N) is 1. The second kappa shape index (κ2) is 5.96. The number of aromatic nitrogens is 2. The summed E-state index contributed by atoms with van der Waals surface area (Å²) in [6.07, 6.45) is 7.28. The Morgan fingerprint density at radius 3 is 2.90 bits per heavy atom. The molecule has 0 amide bonds. The van der Waals surface area contributed by atoms with Crippen LogP contribution in [0.4, 0.5) is 0 Å². The zero-order valence-electron chi connectivity index (χ0n) is 11.3. The van der Waals surface area contributed by atoms with Gasteiger partial charge in [0, 0.05) is 6.04 Å². The zero-order chi connectivity index (χ0) is 13.8. The maximum absolute atomic E-state index is 9.28. The fourth-order valence-corrected chi connectivity index (χ4v) is 2.39. The Labute approximate surface area is 118 Å². The molecule has 2 heterocycles. The van der Waals surface area contributed by atoms with E-state index >= 15 is 0 Å². The van der Waals surface area contributed by atoms with E-state index in [1.165, 1.54) is 19.3 Å². The van der Waals surface area contributed by atoms with Gasteiger partial charge in [-0.15, -0.1) is 0 Å². The summed E-state index contributed by atoms with van der Waals surface area (Å²) in [5.74, 6) is 1.02. The smallest absolute Gasteiger partial charge is 0.157 e. The summed E-state index contributed by atoms with van der Waals surface area (Å²) >= 11 is 0. The summed E-state index contributed by atoms with van der Waals surface area (Å²) in [6, 6.07) is 7.36. The molecule has 0 aliphatic carbocycles. The first-order chi connectivity index (χ1) is 9.81. The standard InChI is InChI=1S/C15H19N3O2/c19-14-6-4-13(5-7-14)18-10-15(9-17-18)20-11-12-3-1-2-8-16-12/h4-7,9-10,12,16,19H,1-3,8,11H2. The van der Waals surface area contributed by atoms with Gasteiger partial charge >= 0.3 is 0 Å². The molecule has 0 radical (unpaired) electrons. The van der Waals surface area contributed by atoms with Crippen molar-refractivity contribution in [2.24, 2.45) is 0 Å². The molecule has 1 aliphatic rings. The van der Waals surface area contributed by atoms with Crippen molar-refractivity contribution in [2.75, 3.05) is 13.2 Å². The molecule has 1 aliphatic heterocycles. The van der Waals surface area contributed by atoms with Crippen molar-refractivity contribution >= 4 is 0 Å². The van der Waals surface area contributed by atoms with E-state index in [-0.39, 0.29) is 5.75 Å². The Kier molecular flexibility index (Phi) is 3.87.